The Morgan fingerprint density at radius 2 is 1.94 bits per heavy atom. The summed E-state index contributed by atoms with van der Waals surface area (Å²) in [6.07, 6.45) is 5.14. The smallest absolute Gasteiger partial charge is 0.169 e. The number of ketones is 1. The molecule has 0 amide bonds. The average molecular weight is 441 g/mol. The predicted octanol–water partition coefficient (Wildman–Crippen LogP) is 6.13. The summed E-state index contributed by atoms with van der Waals surface area (Å²) in [5, 5.41) is 10.7. The Labute approximate surface area is 190 Å². The molecule has 0 aliphatic heterocycles. The molecule has 1 N–H and O–H groups in total. The van der Waals surface area contributed by atoms with E-state index in [9.17, 15) is 9.90 Å². The van der Waals surface area contributed by atoms with Gasteiger partial charge >= 0.3 is 0 Å². The van der Waals surface area contributed by atoms with Crippen molar-refractivity contribution in [2.45, 2.75) is 69.5 Å². The van der Waals surface area contributed by atoms with E-state index in [2.05, 4.69) is 6.92 Å². The van der Waals surface area contributed by atoms with Crippen LogP contribution >= 0.6 is 11.6 Å². The van der Waals surface area contributed by atoms with E-state index in [1.807, 2.05) is 54.6 Å². The molecule has 0 saturated heterocycles. The summed E-state index contributed by atoms with van der Waals surface area (Å²) in [4.78, 5) is 13.3. The summed E-state index contributed by atoms with van der Waals surface area (Å²) >= 11 is 6.64. The minimum absolute atomic E-state index is 0.0130. The summed E-state index contributed by atoms with van der Waals surface area (Å²) in [7, 11) is 0. The van der Waals surface area contributed by atoms with E-state index in [1.165, 1.54) is 0 Å². The number of benzene rings is 2. The molecule has 2 saturated carbocycles. The Balaban J connectivity index is 1.50. The van der Waals surface area contributed by atoms with Crippen LogP contribution < -0.4 is 0 Å². The lowest BCUT2D eigenvalue weighted by Gasteiger charge is -2.40. The van der Waals surface area contributed by atoms with Crippen molar-refractivity contribution in [1.29, 1.82) is 0 Å². The average Bonchev–Trinajstić information content (AvgIpc) is 3.04. The highest BCUT2D eigenvalue weighted by Crippen LogP contribution is 2.48. The summed E-state index contributed by atoms with van der Waals surface area (Å²) in [5.74, 6) is 0.169. The molecule has 4 atom stereocenters. The molecule has 3 nitrogen and oxygen atoms in total. The molecule has 31 heavy (non-hydrogen) atoms. The van der Waals surface area contributed by atoms with Gasteiger partial charge in [0.2, 0.25) is 0 Å². The Hall–Kier alpha value is -1.68. The van der Waals surface area contributed by atoms with E-state index in [1.54, 1.807) is 0 Å². The van der Waals surface area contributed by atoms with Crippen molar-refractivity contribution >= 4 is 17.4 Å². The molecule has 2 aromatic carbocycles. The molecule has 2 unspecified atom stereocenters. The molecule has 0 bridgehead atoms. The Bertz CT molecular complexity index is 877. The molecule has 166 valence electrons. The van der Waals surface area contributed by atoms with Crippen LogP contribution in [0.2, 0.25) is 0 Å². The van der Waals surface area contributed by atoms with Crippen molar-refractivity contribution in [2.24, 2.45) is 11.3 Å². The number of halogens is 1. The van der Waals surface area contributed by atoms with Crippen molar-refractivity contribution in [1.82, 2.24) is 0 Å². The zero-order valence-corrected chi connectivity index (χ0v) is 19.1. The summed E-state index contributed by atoms with van der Waals surface area (Å²) in [5.41, 5.74) is 2.73. The van der Waals surface area contributed by atoms with E-state index in [0.717, 1.165) is 48.8 Å². The molecular weight excluding hydrogens is 408 g/mol. The molecule has 2 aromatic rings. The maximum absolute atomic E-state index is 13.3. The topological polar surface area (TPSA) is 46.5 Å². The Morgan fingerprint density at radius 3 is 2.61 bits per heavy atom. The number of aliphatic hydroxyl groups excluding tert-OH is 1. The van der Waals surface area contributed by atoms with Crippen LogP contribution in [0.5, 0.6) is 0 Å². The number of alkyl halides is 1. The summed E-state index contributed by atoms with van der Waals surface area (Å²) < 4.78 is 6.00. The monoisotopic (exact) mass is 440 g/mol. The molecule has 0 heterocycles. The zero-order valence-electron chi connectivity index (χ0n) is 18.3. The highest BCUT2D eigenvalue weighted by Gasteiger charge is 2.45. The van der Waals surface area contributed by atoms with E-state index in [4.69, 9.17) is 16.3 Å². The standard InChI is InChI=1S/C27H33ClO3/c1-2-12-27(13-7-14-27)26(30)21-11-6-10-20(15-21)25-22(23(28)16-24(25)29)18-31-17-19-8-4-3-5-9-19/h3-6,8-11,15,22-25,29H,2,7,12-14,16-18H2,1H3/t22?,23-,24-,25?/m1/s1. The van der Waals surface area contributed by atoms with Crippen LogP contribution in [-0.4, -0.2) is 29.0 Å². The van der Waals surface area contributed by atoms with Crippen molar-refractivity contribution in [3.8, 4) is 0 Å². The molecule has 2 aliphatic carbocycles. The fourth-order valence-electron chi connectivity index (χ4n) is 5.49. The number of hydrogen-bond acceptors (Lipinski definition) is 3. The minimum Gasteiger partial charge on any atom is -0.392 e. The van der Waals surface area contributed by atoms with Crippen LogP contribution in [0.4, 0.5) is 0 Å². The van der Waals surface area contributed by atoms with Crippen LogP contribution in [0.25, 0.3) is 0 Å². The van der Waals surface area contributed by atoms with E-state index in [0.29, 0.717) is 19.6 Å². The lowest BCUT2D eigenvalue weighted by Crippen LogP contribution is -2.38. The SMILES string of the molecule is CCCC1(C(=O)c2cccc(C3C(COCc4ccccc4)[C@H](Cl)C[C@H]3O)c2)CCC1. The summed E-state index contributed by atoms with van der Waals surface area (Å²) in [6.45, 7) is 3.17. The maximum Gasteiger partial charge on any atom is 0.169 e. The van der Waals surface area contributed by atoms with Gasteiger partial charge in [-0.2, -0.15) is 0 Å². The van der Waals surface area contributed by atoms with Gasteiger partial charge in [-0.25, -0.2) is 0 Å². The van der Waals surface area contributed by atoms with Gasteiger partial charge in [0.05, 0.1) is 19.3 Å². The van der Waals surface area contributed by atoms with E-state index < -0.39 is 6.10 Å². The molecule has 4 rings (SSSR count). The van der Waals surface area contributed by atoms with Gasteiger partial charge in [0.15, 0.2) is 5.78 Å². The van der Waals surface area contributed by atoms with E-state index >= 15 is 0 Å². The first-order valence-corrected chi connectivity index (χ1v) is 12.1. The van der Waals surface area contributed by atoms with Crippen molar-refractivity contribution in [3.05, 3.63) is 71.3 Å². The van der Waals surface area contributed by atoms with Crippen molar-refractivity contribution in [3.63, 3.8) is 0 Å². The quantitative estimate of drug-likeness (QED) is 0.377. The first-order valence-electron chi connectivity index (χ1n) is 11.6. The second-order valence-corrected chi connectivity index (χ2v) is 9.91. The molecule has 0 aromatic heterocycles. The molecular formula is C27H33ClO3. The second-order valence-electron chi connectivity index (χ2n) is 9.35. The van der Waals surface area contributed by atoms with Gasteiger partial charge in [0.1, 0.15) is 0 Å². The number of rotatable bonds is 9. The number of carbonyl (C=O) groups excluding carboxylic acids is 1. The lowest BCUT2D eigenvalue weighted by molar-refractivity contribution is 0.0576. The molecule has 0 radical (unpaired) electrons. The third kappa shape index (κ3) is 4.74. The zero-order chi connectivity index (χ0) is 21.8. The van der Waals surface area contributed by atoms with Gasteiger partial charge in [-0.1, -0.05) is 68.3 Å². The Kier molecular flexibility index (Phi) is 7.15. The molecule has 0 spiro atoms. The van der Waals surface area contributed by atoms with Crippen LogP contribution in [0, 0.1) is 11.3 Å². The minimum atomic E-state index is -0.522. The van der Waals surface area contributed by atoms with Crippen LogP contribution in [0.15, 0.2) is 54.6 Å². The van der Waals surface area contributed by atoms with Gasteiger partial charge in [-0.05, 0) is 42.9 Å². The molecule has 2 fully saturated rings. The highest BCUT2D eigenvalue weighted by molar-refractivity contribution is 6.21. The van der Waals surface area contributed by atoms with Gasteiger partial charge in [-0.3, -0.25) is 4.79 Å². The third-order valence-electron chi connectivity index (χ3n) is 7.28. The lowest BCUT2D eigenvalue weighted by atomic mass is 9.62. The maximum atomic E-state index is 13.3. The number of aliphatic hydroxyl groups is 1. The fourth-order valence-corrected chi connectivity index (χ4v) is 5.91. The van der Waals surface area contributed by atoms with E-state index in [-0.39, 0.29) is 28.4 Å². The molecule has 4 heteroatoms. The first kappa shape index (κ1) is 22.5. The highest BCUT2D eigenvalue weighted by atomic mass is 35.5. The summed E-state index contributed by atoms with van der Waals surface area (Å²) in [6, 6.07) is 18.0. The number of carbonyl (C=O) groups is 1. The number of ether oxygens (including phenoxy) is 1. The molecule has 2 aliphatic rings. The van der Waals surface area contributed by atoms with Gasteiger partial charge < -0.3 is 9.84 Å². The second kappa shape index (κ2) is 9.85. The number of Topliss-reactive ketones (excluding diaryl/α,β-unsaturated/α-hetero) is 1. The van der Waals surface area contributed by atoms with Crippen LogP contribution in [0.3, 0.4) is 0 Å². The van der Waals surface area contributed by atoms with Crippen LogP contribution in [0.1, 0.15) is 72.9 Å². The predicted molar refractivity (Wildman–Crippen MR) is 125 cm³/mol. The first-order chi connectivity index (χ1) is 15.0. The van der Waals surface area contributed by atoms with Gasteiger partial charge in [0, 0.05) is 28.2 Å². The third-order valence-corrected chi connectivity index (χ3v) is 7.79. The van der Waals surface area contributed by atoms with Crippen molar-refractivity contribution in [2.75, 3.05) is 6.61 Å². The van der Waals surface area contributed by atoms with Gasteiger partial charge in [0.25, 0.3) is 0 Å². The Morgan fingerprint density at radius 1 is 1.16 bits per heavy atom. The van der Waals surface area contributed by atoms with Crippen molar-refractivity contribution < 1.29 is 14.6 Å². The fraction of sp³-hybridized carbons (Fsp3) is 0.519. The van der Waals surface area contributed by atoms with Crippen LogP contribution in [-0.2, 0) is 11.3 Å². The number of hydrogen-bond donors (Lipinski definition) is 1. The largest absolute Gasteiger partial charge is 0.392 e. The van der Waals surface area contributed by atoms with Gasteiger partial charge in [-0.15, -0.1) is 11.6 Å². The normalized spacial score (nSPS) is 27.1.